The van der Waals surface area contributed by atoms with Crippen molar-refractivity contribution in [2.24, 2.45) is 0 Å². The maximum absolute atomic E-state index is 13.9. The topological polar surface area (TPSA) is 61.5 Å². The number of ether oxygens (including phenoxy) is 1. The first kappa shape index (κ1) is 22.2. The Kier molecular flexibility index (Phi) is 7.83. The molecular formula is C20H28ClFN4O2. The summed E-state index contributed by atoms with van der Waals surface area (Å²) in [6.07, 6.45) is 2.26. The molecule has 2 heterocycles. The van der Waals surface area contributed by atoms with Gasteiger partial charge in [-0.05, 0) is 37.1 Å². The highest BCUT2D eigenvalue weighted by Gasteiger charge is 2.26. The molecule has 1 amide bonds. The summed E-state index contributed by atoms with van der Waals surface area (Å²) in [6, 6.07) is 6.90. The minimum atomic E-state index is -0.455. The van der Waals surface area contributed by atoms with E-state index < -0.39 is 5.82 Å². The third kappa shape index (κ3) is 4.64. The second-order valence-electron chi connectivity index (χ2n) is 6.81. The zero-order valence-corrected chi connectivity index (χ0v) is 17.4. The van der Waals surface area contributed by atoms with Crippen LogP contribution in [0.5, 0.6) is 5.75 Å². The van der Waals surface area contributed by atoms with Crippen LogP contribution in [0.4, 0.5) is 4.39 Å². The highest BCUT2D eigenvalue weighted by atomic mass is 35.5. The van der Waals surface area contributed by atoms with Crippen molar-refractivity contribution < 1.29 is 13.9 Å². The summed E-state index contributed by atoms with van der Waals surface area (Å²) < 4.78 is 18.8. The fourth-order valence-corrected chi connectivity index (χ4v) is 3.67. The van der Waals surface area contributed by atoms with Crippen molar-refractivity contribution in [3.8, 4) is 17.0 Å². The summed E-state index contributed by atoms with van der Waals surface area (Å²) in [4.78, 5) is 17.1. The largest absolute Gasteiger partial charge is 0.494 e. The van der Waals surface area contributed by atoms with Gasteiger partial charge in [-0.2, -0.15) is 5.10 Å². The first-order valence-electron chi connectivity index (χ1n) is 9.50. The second-order valence-corrected chi connectivity index (χ2v) is 6.81. The van der Waals surface area contributed by atoms with Crippen LogP contribution < -0.4 is 4.74 Å². The lowest BCUT2D eigenvalue weighted by Crippen LogP contribution is -2.51. The number of carbonyl (C=O) groups is 1. The minimum Gasteiger partial charge on any atom is -0.494 e. The van der Waals surface area contributed by atoms with Crippen LogP contribution in [0.2, 0.25) is 0 Å². The summed E-state index contributed by atoms with van der Waals surface area (Å²) in [7, 11) is 1.42. The number of halogens is 2. The van der Waals surface area contributed by atoms with Crippen LogP contribution in [0.3, 0.4) is 0 Å². The van der Waals surface area contributed by atoms with Crippen molar-refractivity contribution in [1.82, 2.24) is 20.0 Å². The van der Waals surface area contributed by atoms with E-state index in [0.29, 0.717) is 36.1 Å². The molecule has 8 heteroatoms. The number of carbonyl (C=O) groups excluding carboxylic acids is 1. The van der Waals surface area contributed by atoms with Crippen molar-refractivity contribution in [1.29, 1.82) is 0 Å². The molecule has 0 radical (unpaired) electrons. The van der Waals surface area contributed by atoms with Crippen molar-refractivity contribution in [3.05, 3.63) is 35.8 Å². The number of nitrogens with one attached hydrogen (secondary N) is 1. The molecule has 1 aromatic heterocycles. The smallest absolute Gasteiger partial charge is 0.271 e. The number of piperazine rings is 1. The lowest BCUT2D eigenvalue weighted by atomic mass is 10.1. The Balaban J connectivity index is 0.00000280. The van der Waals surface area contributed by atoms with Gasteiger partial charge in [0.2, 0.25) is 0 Å². The molecule has 0 bridgehead atoms. The van der Waals surface area contributed by atoms with Gasteiger partial charge in [0.25, 0.3) is 5.91 Å². The fourth-order valence-electron chi connectivity index (χ4n) is 3.67. The van der Waals surface area contributed by atoms with Crippen molar-refractivity contribution in [2.75, 3.05) is 33.3 Å². The van der Waals surface area contributed by atoms with Crippen LogP contribution in [0, 0.1) is 5.82 Å². The van der Waals surface area contributed by atoms with Gasteiger partial charge in [0.15, 0.2) is 11.6 Å². The van der Waals surface area contributed by atoms with Gasteiger partial charge in [0.1, 0.15) is 5.69 Å². The summed E-state index contributed by atoms with van der Waals surface area (Å²) in [5.41, 5.74) is 1.56. The number of aromatic nitrogens is 2. The van der Waals surface area contributed by atoms with Crippen LogP contribution in [0.1, 0.15) is 37.2 Å². The molecule has 0 atom stereocenters. The Morgan fingerprint density at radius 2 is 1.89 bits per heavy atom. The van der Waals surface area contributed by atoms with Crippen molar-refractivity contribution in [2.45, 2.75) is 32.7 Å². The molecule has 1 N–H and O–H groups in total. The predicted molar refractivity (Wildman–Crippen MR) is 110 cm³/mol. The highest BCUT2D eigenvalue weighted by molar-refractivity contribution is 5.93. The Morgan fingerprint density at radius 3 is 2.46 bits per heavy atom. The Labute approximate surface area is 171 Å². The van der Waals surface area contributed by atoms with Gasteiger partial charge >= 0.3 is 0 Å². The first-order chi connectivity index (χ1) is 13.1. The number of hydrogen-bond donors (Lipinski definition) is 1. The van der Waals surface area contributed by atoms with E-state index in [2.05, 4.69) is 28.9 Å². The normalized spacial score (nSPS) is 14.8. The molecule has 6 nitrogen and oxygen atoms in total. The number of aromatic amines is 1. The Hall–Kier alpha value is -2.12. The van der Waals surface area contributed by atoms with E-state index in [1.54, 1.807) is 18.2 Å². The Morgan fingerprint density at radius 1 is 1.21 bits per heavy atom. The molecular weight excluding hydrogens is 383 g/mol. The van der Waals surface area contributed by atoms with Gasteiger partial charge in [-0.1, -0.05) is 13.8 Å². The van der Waals surface area contributed by atoms with Gasteiger partial charge in [-0.3, -0.25) is 14.8 Å². The monoisotopic (exact) mass is 410 g/mol. The van der Waals surface area contributed by atoms with E-state index >= 15 is 0 Å². The molecule has 1 aliphatic rings. The third-order valence-corrected chi connectivity index (χ3v) is 5.32. The maximum Gasteiger partial charge on any atom is 0.271 e. The van der Waals surface area contributed by atoms with Gasteiger partial charge in [-0.15, -0.1) is 12.4 Å². The summed E-state index contributed by atoms with van der Waals surface area (Å²) in [5.74, 6) is -0.337. The summed E-state index contributed by atoms with van der Waals surface area (Å²) in [6.45, 7) is 7.62. The molecule has 1 aromatic carbocycles. The van der Waals surface area contributed by atoms with Crippen molar-refractivity contribution >= 4 is 18.3 Å². The average molecular weight is 411 g/mol. The number of rotatable bonds is 6. The van der Waals surface area contributed by atoms with E-state index in [0.717, 1.165) is 25.9 Å². The van der Waals surface area contributed by atoms with Gasteiger partial charge in [0, 0.05) is 37.8 Å². The van der Waals surface area contributed by atoms with Crippen LogP contribution in [0.15, 0.2) is 24.3 Å². The number of H-pyrrole nitrogens is 1. The van der Waals surface area contributed by atoms with Gasteiger partial charge in [0.05, 0.1) is 12.8 Å². The molecule has 1 aliphatic heterocycles. The second kappa shape index (κ2) is 9.89. The minimum absolute atomic E-state index is 0. The van der Waals surface area contributed by atoms with E-state index in [1.807, 2.05) is 4.90 Å². The van der Waals surface area contributed by atoms with E-state index in [4.69, 9.17) is 4.74 Å². The molecule has 1 saturated heterocycles. The SMILES string of the molecule is CCC(CC)N1CCN(C(=O)c2cc(-c3ccc(OC)c(F)c3)n[nH]2)CC1.Cl. The first-order valence-corrected chi connectivity index (χ1v) is 9.50. The lowest BCUT2D eigenvalue weighted by molar-refractivity contribution is 0.0554. The van der Waals surface area contributed by atoms with Crippen LogP contribution >= 0.6 is 12.4 Å². The van der Waals surface area contributed by atoms with Crippen LogP contribution in [0.25, 0.3) is 11.3 Å². The standard InChI is InChI=1S/C20H27FN4O2.ClH/c1-4-15(5-2)24-8-10-25(11-9-24)20(26)18-13-17(22-23-18)14-6-7-19(27-3)16(21)12-14;/h6-7,12-13,15H,4-5,8-11H2,1-3H3,(H,22,23);1H. The van der Waals surface area contributed by atoms with Crippen molar-refractivity contribution in [3.63, 3.8) is 0 Å². The van der Waals surface area contributed by atoms with Crippen LogP contribution in [-0.4, -0.2) is 65.2 Å². The van der Waals surface area contributed by atoms with Crippen LogP contribution in [-0.2, 0) is 0 Å². The van der Waals surface area contributed by atoms with E-state index in [9.17, 15) is 9.18 Å². The quantitative estimate of drug-likeness (QED) is 0.790. The molecule has 0 saturated carbocycles. The zero-order valence-electron chi connectivity index (χ0n) is 16.6. The maximum atomic E-state index is 13.9. The van der Waals surface area contributed by atoms with Gasteiger partial charge < -0.3 is 9.64 Å². The number of methoxy groups -OCH3 is 1. The number of hydrogen-bond acceptors (Lipinski definition) is 4. The highest BCUT2D eigenvalue weighted by Crippen LogP contribution is 2.25. The molecule has 1 fully saturated rings. The molecule has 3 rings (SSSR count). The van der Waals surface area contributed by atoms with E-state index in [-0.39, 0.29) is 24.1 Å². The predicted octanol–water partition coefficient (Wildman–Crippen LogP) is 3.59. The average Bonchev–Trinajstić information content (AvgIpc) is 3.19. The molecule has 0 spiro atoms. The number of nitrogens with zero attached hydrogens (tertiary/aromatic N) is 3. The Bertz CT molecular complexity index is 786. The number of benzene rings is 1. The molecule has 0 unspecified atom stereocenters. The molecule has 28 heavy (non-hydrogen) atoms. The molecule has 2 aromatic rings. The molecule has 154 valence electrons. The third-order valence-electron chi connectivity index (χ3n) is 5.32. The fraction of sp³-hybridized carbons (Fsp3) is 0.500. The summed E-state index contributed by atoms with van der Waals surface area (Å²) >= 11 is 0. The summed E-state index contributed by atoms with van der Waals surface area (Å²) in [5, 5.41) is 6.98. The lowest BCUT2D eigenvalue weighted by Gasteiger charge is -2.38. The van der Waals surface area contributed by atoms with E-state index in [1.165, 1.54) is 13.2 Å². The van der Waals surface area contributed by atoms with Gasteiger partial charge in [-0.25, -0.2) is 4.39 Å². The zero-order chi connectivity index (χ0) is 19.4. The number of amides is 1. The molecule has 0 aliphatic carbocycles.